The molecule has 2 rings (SSSR count). The van der Waals surface area contributed by atoms with E-state index in [1.54, 1.807) is 19.1 Å². The third-order valence-electron chi connectivity index (χ3n) is 1.81. The predicted octanol–water partition coefficient (Wildman–Crippen LogP) is 1.64. The number of benzene rings is 1. The van der Waals surface area contributed by atoms with Gasteiger partial charge in [0.15, 0.2) is 11.4 Å². The smallest absolute Gasteiger partial charge is 0.405 e. The zero-order valence-corrected chi connectivity index (χ0v) is 6.87. The summed E-state index contributed by atoms with van der Waals surface area (Å²) in [6.45, 7) is 1.64. The molecule has 13 heavy (non-hydrogen) atoms. The second-order valence-corrected chi connectivity index (χ2v) is 2.68. The molecule has 0 aliphatic rings. The number of nitrogens with zero attached hydrogens (tertiary/aromatic N) is 1. The van der Waals surface area contributed by atoms with E-state index in [9.17, 15) is 9.18 Å². The quantitative estimate of drug-likeness (QED) is 0.617. The molecule has 4 heteroatoms. The van der Waals surface area contributed by atoms with Crippen molar-refractivity contribution >= 4 is 11.0 Å². The largest absolute Gasteiger partial charge is 0.439 e. The molecule has 0 aliphatic carbocycles. The molecule has 0 aliphatic heterocycles. The van der Waals surface area contributed by atoms with Gasteiger partial charge in [-0.3, -0.25) is 0 Å². The molecule has 0 unspecified atom stereocenters. The summed E-state index contributed by atoms with van der Waals surface area (Å²) in [6, 6.07) is 4.45. The minimum Gasteiger partial charge on any atom is -0.405 e. The van der Waals surface area contributed by atoms with Gasteiger partial charge in [-0.1, -0.05) is 6.07 Å². The number of fused-ring (bicyclic) bond motifs is 1. The number of rotatable bonds is 0. The third-order valence-corrected chi connectivity index (χ3v) is 1.81. The topological polar surface area (TPSA) is 43.1 Å². The molecular weight excluding hydrogens is 173 g/mol. The summed E-state index contributed by atoms with van der Waals surface area (Å²) < 4.78 is 17.7. The molecule has 0 saturated carbocycles. The summed E-state index contributed by atoms with van der Waals surface area (Å²) in [5.74, 6) is -1.31. The zero-order valence-electron chi connectivity index (χ0n) is 6.87. The van der Waals surface area contributed by atoms with Crippen LogP contribution in [0, 0.1) is 12.7 Å². The first kappa shape index (κ1) is 7.91. The normalized spacial score (nSPS) is 10.6. The highest BCUT2D eigenvalue weighted by atomic mass is 19.1. The molecule has 0 atom stereocenters. The van der Waals surface area contributed by atoms with Crippen molar-refractivity contribution in [2.45, 2.75) is 6.92 Å². The summed E-state index contributed by atoms with van der Waals surface area (Å²) in [4.78, 5) is 14.4. The molecule has 3 nitrogen and oxygen atoms in total. The van der Waals surface area contributed by atoms with Gasteiger partial charge < -0.3 is 4.42 Å². The van der Waals surface area contributed by atoms with E-state index in [2.05, 4.69) is 9.40 Å². The Balaban J connectivity index is 3.03. The summed E-state index contributed by atoms with van der Waals surface area (Å²) in [7, 11) is 0. The number of halogens is 1. The molecule has 0 bridgehead atoms. The van der Waals surface area contributed by atoms with Gasteiger partial charge >= 0.3 is 5.76 Å². The van der Waals surface area contributed by atoms with Crippen LogP contribution in [0.5, 0.6) is 0 Å². The van der Waals surface area contributed by atoms with Crippen LogP contribution in [0.25, 0.3) is 11.0 Å². The Labute approximate surface area is 72.8 Å². The van der Waals surface area contributed by atoms with Crippen molar-refractivity contribution in [1.29, 1.82) is 0 Å². The Morgan fingerprint density at radius 3 is 3.00 bits per heavy atom. The van der Waals surface area contributed by atoms with E-state index >= 15 is 0 Å². The van der Waals surface area contributed by atoms with Gasteiger partial charge in [0, 0.05) is 5.39 Å². The van der Waals surface area contributed by atoms with Crippen LogP contribution >= 0.6 is 0 Å². The SMILES string of the molecule is Cc1nc(=O)oc2c(F)cccc12. The maximum atomic E-state index is 13.1. The van der Waals surface area contributed by atoms with Crippen molar-refractivity contribution in [2.75, 3.05) is 0 Å². The second-order valence-electron chi connectivity index (χ2n) is 2.68. The Morgan fingerprint density at radius 2 is 2.23 bits per heavy atom. The average Bonchev–Trinajstić information content (AvgIpc) is 2.07. The van der Waals surface area contributed by atoms with Crippen LogP contribution < -0.4 is 5.76 Å². The maximum Gasteiger partial charge on any atom is 0.439 e. The highest BCUT2D eigenvalue weighted by Gasteiger charge is 2.06. The Morgan fingerprint density at radius 1 is 1.46 bits per heavy atom. The van der Waals surface area contributed by atoms with Gasteiger partial charge in [0.2, 0.25) is 0 Å². The van der Waals surface area contributed by atoms with Crippen LogP contribution in [-0.2, 0) is 0 Å². The van der Waals surface area contributed by atoms with E-state index < -0.39 is 11.6 Å². The van der Waals surface area contributed by atoms with E-state index in [0.29, 0.717) is 11.1 Å². The highest BCUT2D eigenvalue weighted by Crippen LogP contribution is 2.17. The molecule has 2 aromatic rings. The van der Waals surface area contributed by atoms with E-state index in [1.807, 2.05) is 0 Å². The van der Waals surface area contributed by atoms with Gasteiger partial charge in [-0.05, 0) is 19.1 Å². The Hall–Kier alpha value is -1.71. The average molecular weight is 179 g/mol. The van der Waals surface area contributed by atoms with Gasteiger partial charge in [0.25, 0.3) is 0 Å². The molecule has 0 saturated heterocycles. The second kappa shape index (κ2) is 2.65. The first-order valence-electron chi connectivity index (χ1n) is 3.74. The van der Waals surface area contributed by atoms with E-state index in [4.69, 9.17) is 0 Å². The van der Waals surface area contributed by atoms with Crippen LogP contribution in [0.4, 0.5) is 4.39 Å². The van der Waals surface area contributed by atoms with Crippen LogP contribution in [0.15, 0.2) is 27.4 Å². The van der Waals surface area contributed by atoms with E-state index in [1.165, 1.54) is 6.07 Å². The lowest BCUT2D eigenvalue weighted by atomic mass is 10.2. The predicted molar refractivity (Wildman–Crippen MR) is 45.0 cm³/mol. The molecule has 0 fully saturated rings. The van der Waals surface area contributed by atoms with Crippen molar-refractivity contribution < 1.29 is 8.81 Å². The minimum atomic E-state index is -0.768. The molecule has 1 aromatic carbocycles. The van der Waals surface area contributed by atoms with Gasteiger partial charge in [-0.2, -0.15) is 4.98 Å². The highest BCUT2D eigenvalue weighted by molar-refractivity contribution is 5.78. The van der Waals surface area contributed by atoms with Crippen molar-refractivity contribution in [3.63, 3.8) is 0 Å². The molecule has 0 spiro atoms. The number of para-hydroxylation sites is 1. The molecule has 0 radical (unpaired) electrons. The van der Waals surface area contributed by atoms with Crippen molar-refractivity contribution in [1.82, 2.24) is 4.98 Å². The summed E-state index contributed by atoms with van der Waals surface area (Å²) in [5.41, 5.74) is 0.450. The molecule has 1 aromatic heterocycles. The maximum absolute atomic E-state index is 13.1. The molecular formula is C9H6FNO2. The zero-order chi connectivity index (χ0) is 9.42. The number of aromatic nitrogens is 1. The molecule has 66 valence electrons. The fraction of sp³-hybridized carbons (Fsp3) is 0.111. The van der Waals surface area contributed by atoms with Crippen molar-refractivity contribution in [3.8, 4) is 0 Å². The van der Waals surface area contributed by atoms with Crippen LogP contribution in [0.1, 0.15) is 5.69 Å². The molecule has 0 N–H and O–H groups in total. The Bertz CT molecular complexity index is 518. The van der Waals surface area contributed by atoms with Crippen LogP contribution in [0.2, 0.25) is 0 Å². The van der Waals surface area contributed by atoms with Crippen molar-refractivity contribution in [3.05, 3.63) is 40.3 Å². The first-order valence-corrected chi connectivity index (χ1v) is 3.74. The van der Waals surface area contributed by atoms with Crippen molar-refractivity contribution in [2.24, 2.45) is 0 Å². The minimum absolute atomic E-state index is 0.0278. The number of aryl methyl sites for hydroxylation is 1. The lowest BCUT2D eigenvalue weighted by Gasteiger charge is -1.98. The first-order chi connectivity index (χ1) is 6.18. The Kier molecular flexibility index (Phi) is 1.62. The van der Waals surface area contributed by atoms with E-state index in [-0.39, 0.29) is 5.58 Å². The van der Waals surface area contributed by atoms with E-state index in [0.717, 1.165) is 0 Å². The van der Waals surface area contributed by atoms with Gasteiger partial charge in [0.05, 0.1) is 5.69 Å². The van der Waals surface area contributed by atoms with Crippen LogP contribution in [-0.4, -0.2) is 4.98 Å². The van der Waals surface area contributed by atoms with Crippen LogP contribution in [0.3, 0.4) is 0 Å². The third kappa shape index (κ3) is 1.20. The summed E-state index contributed by atoms with van der Waals surface area (Å²) in [6.07, 6.45) is 0. The monoisotopic (exact) mass is 179 g/mol. The molecule has 1 heterocycles. The standard InChI is InChI=1S/C9H6FNO2/c1-5-6-3-2-4-7(10)8(6)13-9(12)11-5/h2-4H,1H3. The number of hydrogen-bond acceptors (Lipinski definition) is 3. The van der Waals surface area contributed by atoms with Gasteiger partial charge in [-0.25, -0.2) is 9.18 Å². The van der Waals surface area contributed by atoms with Gasteiger partial charge in [0.1, 0.15) is 0 Å². The summed E-state index contributed by atoms with van der Waals surface area (Å²) in [5, 5.41) is 0.527. The lowest BCUT2D eigenvalue weighted by Crippen LogP contribution is -2.06. The lowest BCUT2D eigenvalue weighted by molar-refractivity contribution is 0.500. The number of hydrogen-bond donors (Lipinski definition) is 0. The fourth-order valence-electron chi connectivity index (χ4n) is 1.20. The summed E-state index contributed by atoms with van der Waals surface area (Å²) >= 11 is 0. The fourth-order valence-corrected chi connectivity index (χ4v) is 1.20. The molecule has 0 amide bonds. The van der Waals surface area contributed by atoms with Gasteiger partial charge in [-0.15, -0.1) is 0 Å².